The second-order valence-corrected chi connectivity index (χ2v) is 4.65. The quantitative estimate of drug-likeness (QED) is 0.642. The van der Waals surface area contributed by atoms with Crippen molar-refractivity contribution < 1.29 is 9.72 Å². The number of carbonyl (C=O) groups excluding carboxylic acids is 1. The van der Waals surface area contributed by atoms with Gasteiger partial charge in [-0.1, -0.05) is 25.4 Å². The molecule has 0 atom stereocenters. The van der Waals surface area contributed by atoms with Crippen molar-refractivity contribution in [3.05, 3.63) is 33.3 Å². The lowest BCUT2D eigenvalue weighted by Crippen LogP contribution is -2.50. The van der Waals surface area contributed by atoms with E-state index in [1.54, 1.807) is 0 Å². The fourth-order valence-electron chi connectivity index (χ4n) is 1.54. The highest BCUT2D eigenvalue weighted by atomic mass is 35.5. The lowest BCUT2D eigenvalue weighted by Gasteiger charge is -2.25. The zero-order chi connectivity index (χ0) is 14.6. The zero-order valence-electron chi connectivity index (χ0n) is 10.8. The highest BCUT2D eigenvalue weighted by Gasteiger charge is 2.30. The first-order chi connectivity index (χ1) is 8.84. The molecule has 0 aromatic heterocycles. The molecule has 0 aliphatic heterocycles. The van der Waals surface area contributed by atoms with Crippen LogP contribution in [0, 0.1) is 10.1 Å². The molecule has 0 aliphatic rings. The topological polar surface area (TPSA) is 98.3 Å². The van der Waals surface area contributed by atoms with Gasteiger partial charge in [0.1, 0.15) is 0 Å². The molecule has 0 aliphatic carbocycles. The molecule has 0 bridgehead atoms. The van der Waals surface area contributed by atoms with Gasteiger partial charge in [-0.05, 0) is 18.9 Å². The molecular formula is C12H16ClN3O3. The minimum Gasteiger partial charge on any atom is -0.323 e. The van der Waals surface area contributed by atoms with E-state index in [2.05, 4.69) is 5.32 Å². The van der Waals surface area contributed by atoms with Gasteiger partial charge in [-0.3, -0.25) is 14.9 Å². The number of carbonyl (C=O) groups is 1. The third-order valence-corrected chi connectivity index (χ3v) is 3.44. The third-order valence-electron chi connectivity index (χ3n) is 3.13. The van der Waals surface area contributed by atoms with Crippen molar-refractivity contribution in [3.8, 4) is 0 Å². The molecule has 1 aromatic carbocycles. The molecule has 104 valence electrons. The number of nitro benzene ring substituents is 1. The van der Waals surface area contributed by atoms with Crippen LogP contribution in [0.25, 0.3) is 0 Å². The summed E-state index contributed by atoms with van der Waals surface area (Å²) in [7, 11) is 0. The van der Waals surface area contributed by atoms with Gasteiger partial charge in [-0.15, -0.1) is 0 Å². The Morgan fingerprint density at radius 1 is 1.47 bits per heavy atom. The molecule has 7 heteroatoms. The first kappa shape index (κ1) is 15.4. The number of amides is 1. The minimum atomic E-state index is -0.967. The summed E-state index contributed by atoms with van der Waals surface area (Å²) in [6.45, 7) is 3.64. The fourth-order valence-corrected chi connectivity index (χ4v) is 1.76. The first-order valence-electron chi connectivity index (χ1n) is 5.88. The van der Waals surface area contributed by atoms with E-state index < -0.39 is 10.5 Å². The van der Waals surface area contributed by atoms with E-state index in [1.807, 2.05) is 13.8 Å². The van der Waals surface area contributed by atoms with Gasteiger partial charge < -0.3 is 11.1 Å². The van der Waals surface area contributed by atoms with Crippen molar-refractivity contribution in [2.75, 3.05) is 5.32 Å². The number of nitrogens with two attached hydrogens (primary N) is 1. The molecule has 1 amide bonds. The first-order valence-corrected chi connectivity index (χ1v) is 6.26. The summed E-state index contributed by atoms with van der Waals surface area (Å²) in [4.78, 5) is 22.1. The van der Waals surface area contributed by atoms with Gasteiger partial charge >= 0.3 is 0 Å². The maximum absolute atomic E-state index is 12.0. The Morgan fingerprint density at radius 3 is 2.47 bits per heavy atom. The molecule has 0 saturated carbocycles. The number of benzene rings is 1. The summed E-state index contributed by atoms with van der Waals surface area (Å²) in [5.41, 5.74) is 5.17. The Kier molecular flexibility index (Phi) is 4.85. The molecular weight excluding hydrogens is 270 g/mol. The summed E-state index contributed by atoms with van der Waals surface area (Å²) < 4.78 is 0. The van der Waals surface area contributed by atoms with Crippen LogP contribution in [-0.2, 0) is 4.79 Å². The number of nitrogens with zero attached hydrogens (tertiary/aromatic N) is 1. The Balaban J connectivity index is 2.95. The second-order valence-electron chi connectivity index (χ2n) is 4.24. The Bertz CT molecular complexity index is 501. The van der Waals surface area contributed by atoms with E-state index in [0.29, 0.717) is 18.5 Å². The third kappa shape index (κ3) is 3.42. The molecule has 3 N–H and O–H groups in total. The number of nitro groups is 1. The monoisotopic (exact) mass is 285 g/mol. The van der Waals surface area contributed by atoms with Gasteiger partial charge in [0, 0.05) is 12.1 Å². The Labute approximate surface area is 116 Å². The minimum absolute atomic E-state index is 0.108. The molecule has 19 heavy (non-hydrogen) atoms. The van der Waals surface area contributed by atoms with Crippen LogP contribution < -0.4 is 11.1 Å². The van der Waals surface area contributed by atoms with Crippen LogP contribution in [0.15, 0.2) is 18.2 Å². The number of halogens is 1. The van der Waals surface area contributed by atoms with Crippen LogP contribution in [0.5, 0.6) is 0 Å². The maximum atomic E-state index is 12.0. The zero-order valence-corrected chi connectivity index (χ0v) is 11.5. The normalized spacial score (nSPS) is 11.2. The summed E-state index contributed by atoms with van der Waals surface area (Å²) >= 11 is 5.89. The summed E-state index contributed by atoms with van der Waals surface area (Å²) in [6.07, 6.45) is 0.972. The largest absolute Gasteiger partial charge is 0.323 e. The number of hydrogen-bond acceptors (Lipinski definition) is 4. The summed E-state index contributed by atoms with van der Waals surface area (Å²) in [5, 5.41) is 13.3. The van der Waals surface area contributed by atoms with Crippen molar-refractivity contribution in [1.29, 1.82) is 0 Å². The van der Waals surface area contributed by atoms with Crippen molar-refractivity contribution in [1.82, 2.24) is 0 Å². The SMILES string of the molecule is CCC(N)(CC)C(=O)Nc1ccc([N+](=O)[O-])cc1Cl. The van der Waals surface area contributed by atoms with Gasteiger partial charge in [0.05, 0.1) is 21.2 Å². The number of hydrogen-bond donors (Lipinski definition) is 2. The number of nitrogens with one attached hydrogen (secondary N) is 1. The van der Waals surface area contributed by atoms with E-state index in [0.717, 1.165) is 0 Å². The number of non-ortho nitro benzene ring substituents is 1. The smallest absolute Gasteiger partial charge is 0.271 e. The van der Waals surface area contributed by atoms with Crippen LogP contribution in [0.3, 0.4) is 0 Å². The predicted molar refractivity (Wildman–Crippen MR) is 74.2 cm³/mol. The van der Waals surface area contributed by atoms with Crippen LogP contribution in [0.4, 0.5) is 11.4 Å². The number of anilines is 1. The van der Waals surface area contributed by atoms with Crippen LogP contribution in [0.1, 0.15) is 26.7 Å². The van der Waals surface area contributed by atoms with E-state index in [-0.39, 0.29) is 16.6 Å². The summed E-state index contributed by atoms with van der Waals surface area (Å²) in [6, 6.07) is 3.86. The molecule has 1 rings (SSSR count). The average Bonchev–Trinajstić information content (AvgIpc) is 2.39. The van der Waals surface area contributed by atoms with Gasteiger partial charge in [0.2, 0.25) is 5.91 Å². The lowest BCUT2D eigenvalue weighted by atomic mass is 9.93. The molecule has 0 heterocycles. The van der Waals surface area contributed by atoms with Gasteiger partial charge in [0.15, 0.2) is 0 Å². The average molecular weight is 286 g/mol. The molecule has 0 unspecified atom stereocenters. The van der Waals surface area contributed by atoms with Crippen LogP contribution in [0.2, 0.25) is 5.02 Å². The van der Waals surface area contributed by atoms with Crippen molar-refractivity contribution in [3.63, 3.8) is 0 Å². The number of rotatable bonds is 5. The molecule has 0 radical (unpaired) electrons. The predicted octanol–water partition coefficient (Wildman–Crippen LogP) is 2.70. The standard InChI is InChI=1S/C12H16ClN3O3/c1-3-12(14,4-2)11(17)15-10-6-5-8(16(18)19)7-9(10)13/h5-7H,3-4,14H2,1-2H3,(H,15,17). The highest BCUT2D eigenvalue weighted by molar-refractivity contribution is 6.34. The molecule has 0 spiro atoms. The second kappa shape index (κ2) is 5.99. The van der Waals surface area contributed by atoms with E-state index in [9.17, 15) is 14.9 Å². The molecule has 1 aromatic rings. The van der Waals surface area contributed by atoms with Crippen molar-refractivity contribution in [2.45, 2.75) is 32.2 Å². The molecule has 0 fully saturated rings. The van der Waals surface area contributed by atoms with Gasteiger partial charge in [-0.2, -0.15) is 0 Å². The molecule has 6 nitrogen and oxygen atoms in total. The van der Waals surface area contributed by atoms with Gasteiger partial charge in [-0.25, -0.2) is 0 Å². The van der Waals surface area contributed by atoms with Crippen molar-refractivity contribution in [2.24, 2.45) is 5.73 Å². The van der Waals surface area contributed by atoms with E-state index in [1.165, 1.54) is 18.2 Å². The Hall–Kier alpha value is -1.66. The van der Waals surface area contributed by atoms with Crippen molar-refractivity contribution >= 4 is 28.9 Å². The fraction of sp³-hybridized carbons (Fsp3) is 0.417. The van der Waals surface area contributed by atoms with Gasteiger partial charge in [0.25, 0.3) is 5.69 Å². The highest BCUT2D eigenvalue weighted by Crippen LogP contribution is 2.27. The molecule has 0 saturated heterocycles. The van der Waals surface area contributed by atoms with Crippen LogP contribution >= 0.6 is 11.6 Å². The Morgan fingerprint density at radius 2 is 2.05 bits per heavy atom. The maximum Gasteiger partial charge on any atom is 0.271 e. The van der Waals surface area contributed by atoms with E-state index >= 15 is 0 Å². The van der Waals surface area contributed by atoms with E-state index in [4.69, 9.17) is 17.3 Å². The summed E-state index contributed by atoms with van der Waals surface area (Å²) in [5.74, 6) is -0.353. The van der Waals surface area contributed by atoms with Crippen LogP contribution in [-0.4, -0.2) is 16.4 Å². The lowest BCUT2D eigenvalue weighted by molar-refractivity contribution is -0.384.